The number of carbonyl (C=O) groups is 2. The molecule has 1 aliphatic carbocycles. The second-order valence-corrected chi connectivity index (χ2v) is 7.25. The largest absolute Gasteiger partial charge is 0.337 e. The van der Waals surface area contributed by atoms with E-state index < -0.39 is 0 Å². The van der Waals surface area contributed by atoms with Crippen molar-refractivity contribution in [3.05, 3.63) is 10.6 Å². The summed E-state index contributed by atoms with van der Waals surface area (Å²) in [6.07, 6.45) is 3.85. The van der Waals surface area contributed by atoms with Gasteiger partial charge in [0.05, 0.1) is 17.0 Å². The van der Waals surface area contributed by atoms with Crippen LogP contribution in [0.25, 0.3) is 0 Å². The van der Waals surface area contributed by atoms with Crippen molar-refractivity contribution in [3.8, 4) is 0 Å². The third-order valence-corrected chi connectivity index (χ3v) is 5.51. The summed E-state index contributed by atoms with van der Waals surface area (Å²) in [5.74, 6) is 0.847. The van der Waals surface area contributed by atoms with Crippen molar-refractivity contribution in [2.75, 3.05) is 13.1 Å². The van der Waals surface area contributed by atoms with Gasteiger partial charge >= 0.3 is 0 Å². The van der Waals surface area contributed by atoms with Gasteiger partial charge in [-0.25, -0.2) is 0 Å². The molecular formula is C14H18N4O2S. The van der Waals surface area contributed by atoms with E-state index in [2.05, 4.69) is 9.59 Å². The number of fused-ring (bicyclic) bond motifs is 1. The molecule has 21 heavy (non-hydrogen) atoms. The monoisotopic (exact) mass is 306 g/mol. The van der Waals surface area contributed by atoms with Gasteiger partial charge in [0.1, 0.15) is 0 Å². The molecule has 1 aromatic rings. The number of aromatic nitrogens is 2. The Hall–Kier alpha value is -1.50. The number of hydrogen-bond acceptors (Lipinski definition) is 5. The molecule has 2 amide bonds. The average Bonchev–Trinajstić information content (AvgIpc) is 2.90. The number of carbonyl (C=O) groups excluding carboxylic acids is 2. The van der Waals surface area contributed by atoms with Crippen LogP contribution < -0.4 is 0 Å². The Morgan fingerprint density at radius 3 is 2.81 bits per heavy atom. The van der Waals surface area contributed by atoms with Gasteiger partial charge in [0.2, 0.25) is 5.91 Å². The summed E-state index contributed by atoms with van der Waals surface area (Å²) in [6, 6.07) is 0.249. The molecule has 3 heterocycles. The SMILES string of the molecule is Cc1snnc1C(=O)N1CCC2C1CC(=O)N2CC1CC1. The molecule has 0 aromatic carbocycles. The number of rotatable bonds is 3. The molecule has 6 nitrogen and oxygen atoms in total. The summed E-state index contributed by atoms with van der Waals surface area (Å²) < 4.78 is 3.84. The van der Waals surface area contributed by atoms with Crippen molar-refractivity contribution in [2.45, 2.75) is 44.7 Å². The first-order chi connectivity index (χ1) is 10.1. The van der Waals surface area contributed by atoms with Crippen LogP contribution in [0.15, 0.2) is 0 Å². The first kappa shape index (κ1) is 13.2. The van der Waals surface area contributed by atoms with Crippen molar-refractivity contribution < 1.29 is 9.59 Å². The van der Waals surface area contributed by atoms with Gasteiger partial charge in [-0.05, 0) is 43.6 Å². The molecule has 4 rings (SSSR count). The van der Waals surface area contributed by atoms with E-state index in [1.54, 1.807) is 0 Å². The molecule has 2 unspecified atom stereocenters. The smallest absolute Gasteiger partial charge is 0.275 e. The van der Waals surface area contributed by atoms with Crippen LogP contribution in [0.4, 0.5) is 0 Å². The molecule has 0 N–H and O–H groups in total. The summed E-state index contributed by atoms with van der Waals surface area (Å²) in [4.78, 5) is 29.6. The van der Waals surface area contributed by atoms with Crippen LogP contribution in [0, 0.1) is 12.8 Å². The number of aryl methyl sites for hydroxylation is 1. The molecule has 1 saturated carbocycles. The standard InChI is InChI=1S/C14H18N4O2S/c1-8-13(15-16-21-8)14(20)17-5-4-10-11(17)6-12(19)18(10)7-9-2-3-9/h9-11H,2-7H2,1H3. The highest BCUT2D eigenvalue weighted by Crippen LogP contribution is 2.38. The predicted octanol–water partition coefficient (Wildman–Crippen LogP) is 1.07. The van der Waals surface area contributed by atoms with Gasteiger partial charge in [-0.15, -0.1) is 5.10 Å². The summed E-state index contributed by atoms with van der Waals surface area (Å²) >= 11 is 1.25. The Labute approximate surface area is 127 Å². The fourth-order valence-corrected chi connectivity index (χ4v) is 4.02. The lowest BCUT2D eigenvalue weighted by atomic mass is 10.1. The van der Waals surface area contributed by atoms with Crippen LogP contribution in [-0.2, 0) is 4.79 Å². The highest BCUT2D eigenvalue weighted by Gasteiger charge is 2.49. The van der Waals surface area contributed by atoms with E-state index in [9.17, 15) is 9.59 Å². The zero-order valence-electron chi connectivity index (χ0n) is 12.0. The maximum absolute atomic E-state index is 12.6. The molecule has 2 aliphatic heterocycles. The zero-order valence-corrected chi connectivity index (χ0v) is 12.8. The van der Waals surface area contributed by atoms with Crippen LogP contribution in [-0.4, -0.2) is 56.4 Å². The first-order valence-corrected chi connectivity index (χ1v) is 8.32. The summed E-state index contributed by atoms with van der Waals surface area (Å²) in [7, 11) is 0. The van der Waals surface area contributed by atoms with Gasteiger partial charge in [-0.2, -0.15) is 0 Å². The quantitative estimate of drug-likeness (QED) is 0.838. The van der Waals surface area contributed by atoms with Crippen molar-refractivity contribution in [1.29, 1.82) is 0 Å². The minimum absolute atomic E-state index is 0.0323. The minimum atomic E-state index is -0.0604. The molecule has 7 heteroatoms. The Morgan fingerprint density at radius 2 is 2.14 bits per heavy atom. The van der Waals surface area contributed by atoms with E-state index >= 15 is 0 Å². The molecule has 112 valence electrons. The fraction of sp³-hybridized carbons (Fsp3) is 0.714. The highest BCUT2D eigenvalue weighted by molar-refractivity contribution is 7.05. The third kappa shape index (κ3) is 2.14. The maximum Gasteiger partial charge on any atom is 0.275 e. The molecule has 0 radical (unpaired) electrons. The van der Waals surface area contributed by atoms with E-state index in [-0.39, 0.29) is 23.9 Å². The lowest BCUT2D eigenvalue weighted by Crippen LogP contribution is -2.40. The normalized spacial score (nSPS) is 28.3. The van der Waals surface area contributed by atoms with Crippen LogP contribution in [0.2, 0.25) is 0 Å². The minimum Gasteiger partial charge on any atom is -0.337 e. The van der Waals surface area contributed by atoms with Gasteiger partial charge in [0, 0.05) is 19.5 Å². The van der Waals surface area contributed by atoms with E-state index in [0.717, 1.165) is 24.4 Å². The summed E-state index contributed by atoms with van der Waals surface area (Å²) in [6.45, 7) is 3.48. The number of nitrogens with zero attached hydrogens (tertiary/aromatic N) is 4. The first-order valence-electron chi connectivity index (χ1n) is 7.54. The Balaban J connectivity index is 1.53. The molecule has 2 saturated heterocycles. The molecule has 0 spiro atoms. The van der Waals surface area contributed by atoms with E-state index in [1.807, 2.05) is 16.7 Å². The average molecular weight is 306 g/mol. The summed E-state index contributed by atoms with van der Waals surface area (Å²) in [5.41, 5.74) is 0.453. The zero-order chi connectivity index (χ0) is 14.6. The highest BCUT2D eigenvalue weighted by atomic mass is 32.1. The fourth-order valence-electron chi connectivity index (χ4n) is 3.56. The van der Waals surface area contributed by atoms with Gasteiger partial charge < -0.3 is 9.80 Å². The molecule has 3 fully saturated rings. The van der Waals surface area contributed by atoms with Gasteiger partial charge in [0.15, 0.2) is 5.69 Å². The predicted molar refractivity (Wildman–Crippen MR) is 76.9 cm³/mol. The Morgan fingerprint density at radius 1 is 1.33 bits per heavy atom. The molecule has 1 aromatic heterocycles. The second-order valence-electron chi connectivity index (χ2n) is 6.29. The number of likely N-dealkylation sites (tertiary alicyclic amines) is 2. The topological polar surface area (TPSA) is 66.4 Å². The van der Waals surface area contributed by atoms with Crippen LogP contribution in [0.5, 0.6) is 0 Å². The molecule has 3 aliphatic rings. The maximum atomic E-state index is 12.6. The van der Waals surface area contributed by atoms with Gasteiger partial charge in [-0.3, -0.25) is 9.59 Å². The Kier molecular flexibility index (Phi) is 2.99. The lowest BCUT2D eigenvalue weighted by molar-refractivity contribution is -0.129. The van der Waals surface area contributed by atoms with E-state index in [4.69, 9.17) is 0 Å². The van der Waals surface area contributed by atoms with E-state index in [1.165, 1.54) is 24.4 Å². The molecule has 2 atom stereocenters. The van der Waals surface area contributed by atoms with Crippen molar-refractivity contribution in [2.24, 2.45) is 5.92 Å². The number of amides is 2. The summed E-state index contributed by atoms with van der Waals surface area (Å²) in [5, 5.41) is 3.95. The van der Waals surface area contributed by atoms with Gasteiger partial charge in [-0.1, -0.05) is 4.49 Å². The Bertz CT molecular complexity index is 598. The number of hydrogen-bond donors (Lipinski definition) is 0. The molecule has 0 bridgehead atoms. The van der Waals surface area contributed by atoms with Crippen molar-refractivity contribution >= 4 is 23.3 Å². The molecular weight excluding hydrogens is 288 g/mol. The van der Waals surface area contributed by atoms with Crippen molar-refractivity contribution in [1.82, 2.24) is 19.4 Å². The van der Waals surface area contributed by atoms with Crippen LogP contribution >= 0.6 is 11.5 Å². The second kappa shape index (κ2) is 4.76. The van der Waals surface area contributed by atoms with Gasteiger partial charge in [0.25, 0.3) is 5.91 Å². The van der Waals surface area contributed by atoms with E-state index in [0.29, 0.717) is 18.0 Å². The van der Waals surface area contributed by atoms with Crippen molar-refractivity contribution in [3.63, 3.8) is 0 Å². The lowest BCUT2D eigenvalue weighted by Gasteiger charge is -2.25. The van der Waals surface area contributed by atoms with Crippen LogP contribution in [0.1, 0.15) is 41.0 Å². The van der Waals surface area contributed by atoms with Crippen LogP contribution in [0.3, 0.4) is 0 Å². The third-order valence-electron chi connectivity index (χ3n) is 4.88.